The second kappa shape index (κ2) is 12.0. The molecule has 0 aromatic heterocycles. The third-order valence-corrected chi connectivity index (χ3v) is 6.06. The van der Waals surface area contributed by atoms with Crippen LogP contribution in [0.1, 0.15) is 70.0 Å². The van der Waals surface area contributed by atoms with Crippen LogP contribution in [0.4, 0.5) is 0 Å². The molecule has 0 saturated heterocycles. The Morgan fingerprint density at radius 2 is 1.60 bits per heavy atom. The minimum Gasteiger partial charge on any atom is -0.508 e. The molecule has 5 N–H and O–H groups in total. The lowest BCUT2D eigenvalue weighted by molar-refractivity contribution is -0.143. The van der Waals surface area contributed by atoms with Crippen LogP contribution >= 0.6 is 0 Å². The van der Waals surface area contributed by atoms with Crippen LogP contribution in [0, 0.1) is 5.41 Å². The van der Waals surface area contributed by atoms with Crippen LogP contribution in [-0.2, 0) is 25.6 Å². The first-order chi connectivity index (χ1) is 16.3. The lowest BCUT2D eigenvalue weighted by Crippen LogP contribution is -2.48. The number of aromatic hydroxyl groups is 1. The summed E-state index contributed by atoms with van der Waals surface area (Å²) in [5, 5.41) is 34.3. The maximum Gasteiger partial charge on any atom is 0.326 e. The molecular formula is C25H37N3O7. The molecule has 0 aliphatic carbocycles. The number of carboxylic acid groups (broad SMARTS) is 2. The van der Waals surface area contributed by atoms with Gasteiger partial charge in [0.25, 0.3) is 0 Å². The predicted octanol–water partition coefficient (Wildman–Crippen LogP) is 2.06. The number of nitrogens with one attached hydrogen (secondary N) is 2. The second-order valence-electron chi connectivity index (χ2n) is 10.4. The number of unbranched alkanes of at least 4 members (excludes halogenated alkanes) is 1. The van der Waals surface area contributed by atoms with E-state index in [1.165, 1.54) is 0 Å². The summed E-state index contributed by atoms with van der Waals surface area (Å²) in [6.07, 6.45) is 1.78. The van der Waals surface area contributed by atoms with E-state index in [2.05, 4.69) is 10.6 Å². The predicted molar refractivity (Wildman–Crippen MR) is 129 cm³/mol. The topological polar surface area (TPSA) is 156 Å². The molecule has 1 heterocycles. The van der Waals surface area contributed by atoms with E-state index in [1.54, 1.807) is 25.2 Å². The highest BCUT2D eigenvalue weighted by molar-refractivity contribution is 5.88. The van der Waals surface area contributed by atoms with Gasteiger partial charge in [-0.15, -0.1) is 0 Å². The van der Waals surface area contributed by atoms with Gasteiger partial charge in [-0.25, -0.2) is 9.59 Å². The van der Waals surface area contributed by atoms with Crippen molar-refractivity contribution in [3.63, 3.8) is 0 Å². The van der Waals surface area contributed by atoms with E-state index in [0.717, 1.165) is 0 Å². The Balaban J connectivity index is 1.94. The Bertz CT molecular complexity index is 941. The van der Waals surface area contributed by atoms with Crippen LogP contribution in [0.3, 0.4) is 0 Å². The molecule has 0 bridgehead atoms. The number of aliphatic carboxylic acids is 2. The highest BCUT2D eigenvalue weighted by atomic mass is 16.4. The number of phenolic OH excluding ortho intramolecular Hbond substituents is 1. The molecule has 0 fully saturated rings. The van der Waals surface area contributed by atoms with E-state index in [1.807, 2.05) is 25.7 Å². The smallest absolute Gasteiger partial charge is 0.326 e. The molecule has 194 valence electrons. The van der Waals surface area contributed by atoms with Gasteiger partial charge in [-0.05, 0) is 43.4 Å². The molecule has 0 saturated carbocycles. The van der Waals surface area contributed by atoms with E-state index in [4.69, 9.17) is 0 Å². The van der Waals surface area contributed by atoms with Crippen molar-refractivity contribution in [3.8, 4) is 5.75 Å². The van der Waals surface area contributed by atoms with Crippen LogP contribution in [0.25, 0.3) is 0 Å². The van der Waals surface area contributed by atoms with E-state index >= 15 is 0 Å². The van der Waals surface area contributed by atoms with Gasteiger partial charge in [0.2, 0.25) is 11.8 Å². The van der Waals surface area contributed by atoms with Crippen molar-refractivity contribution < 1.29 is 34.5 Å². The maximum atomic E-state index is 13.0. The number of nitrogens with zero attached hydrogens (tertiary/aromatic N) is 1. The minimum absolute atomic E-state index is 0.116. The van der Waals surface area contributed by atoms with Crippen molar-refractivity contribution in [2.75, 3.05) is 13.6 Å². The van der Waals surface area contributed by atoms with Crippen LogP contribution < -0.4 is 10.6 Å². The molecule has 35 heavy (non-hydrogen) atoms. The molecule has 3 unspecified atom stereocenters. The summed E-state index contributed by atoms with van der Waals surface area (Å²) in [6.45, 7) is 6.19. The lowest BCUT2D eigenvalue weighted by atomic mass is 9.91. The molecular weight excluding hydrogens is 454 g/mol. The van der Waals surface area contributed by atoms with Gasteiger partial charge in [-0.1, -0.05) is 45.7 Å². The number of amides is 2. The monoisotopic (exact) mass is 491 g/mol. The molecule has 2 rings (SSSR count). The number of likely N-dealkylation sites (N-methyl/N-ethyl adjacent to an activating group) is 1. The molecule has 1 aromatic carbocycles. The Hall–Kier alpha value is -3.14. The highest BCUT2D eigenvalue weighted by Crippen LogP contribution is 2.33. The number of carbonyl (C=O) groups excluding carboxylic acids is 2. The van der Waals surface area contributed by atoms with Crippen LogP contribution in [0.5, 0.6) is 5.75 Å². The van der Waals surface area contributed by atoms with Crippen LogP contribution in [-0.4, -0.2) is 69.6 Å². The first-order valence-corrected chi connectivity index (χ1v) is 11.9. The van der Waals surface area contributed by atoms with E-state index in [-0.39, 0.29) is 36.3 Å². The van der Waals surface area contributed by atoms with Gasteiger partial charge >= 0.3 is 11.9 Å². The number of hydrogen-bond donors (Lipinski definition) is 5. The van der Waals surface area contributed by atoms with Crippen molar-refractivity contribution in [1.29, 1.82) is 0 Å². The number of hydrogen-bond acceptors (Lipinski definition) is 6. The van der Waals surface area contributed by atoms with E-state index < -0.39 is 36.0 Å². The van der Waals surface area contributed by atoms with E-state index in [9.17, 15) is 34.5 Å². The normalized spacial score (nSPS) is 17.7. The van der Waals surface area contributed by atoms with Crippen LogP contribution in [0.15, 0.2) is 18.2 Å². The van der Waals surface area contributed by atoms with E-state index in [0.29, 0.717) is 36.9 Å². The molecule has 10 nitrogen and oxygen atoms in total. The summed E-state index contributed by atoms with van der Waals surface area (Å²) in [6, 6.07) is 2.06. The minimum atomic E-state index is -1.18. The first-order valence-electron chi connectivity index (χ1n) is 11.9. The summed E-state index contributed by atoms with van der Waals surface area (Å²) in [5.41, 5.74) is 1.06. The molecule has 0 radical (unpaired) electrons. The average Bonchev–Trinajstić information content (AvgIpc) is 2.73. The molecule has 3 atom stereocenters. The Labute approximate surface area is 205 Å². The summed E-state index contributed by atoms with van der Waals surface area (Å²) in [4.78, 5) is 50.3. The van der Waals surface area contributed by atoms with Gasteiger partial charge in [-0.2, -0.15) is 0 Å². The molecule has 0 spiro atoms. The van der Waals surface area contributed by atoms with Crippen molar-refractivity contribution >= 4 is 23.8 Å². The molecule has 2 amide bonds. The number of rotatable bonds is 11. The SMILES string of the molecule is CN1CCc2c(O)cccc2C1C(=O)NC(CCCCC(NC(=O)CC(C)(C)C)C(=O)O)C(=O)O. The fourth-order valence-electron chi connectivity index (χ4n) is 4.31. The largest absolute Gasteiger partial charge is 0.508 e. The zero-order valence-corrected chi connectivity index (χ0v) is 20.8. The van der Waals surface area contributed by atoms with Crippen LogP contribution in [0.2, 0.25) is 0 Å². The quantitative estimate of drug-likeness (QED) is 0.295. The third-order valence-electron chi connectivity index (χ3n) is 6.06. The van der Waals surface area contributed by atoms with Gasteiger partial charge < -0.3 is 26.0 Å². The zero-order valence-electron chi connectivity index (χ0n) is 20.8. The number of fused-ring (bicyclic) bond motifs is 1. The van der Waals surface area contributed by atoms with Crippen molar-refractivity contribution in [2.45, 2.75) is 77.4 Å². The molecule has 10 heteroatoms. The van der Waals surface area contributed by atoms with Crippen molar-refractivity contribution in [1.82, 2.24) is 15.5 Å². The first kappa shape index (κ1) is 28.1. The van der Waals surface area contributed by atoms with Gasteiger partial charge in [0.1, 0.15) is 23.9 Å². The average molecular weight is 492 g/mol. The second-order valence-corrected chi connectivity index (χ2v) is 10.4. The van der Waals surface area contributed by atoms with Crippen molar-refractivity contribution in [3.05, 3.63) is 29.3 Å². The number of phenols is 1. The molecule has 1 aliphatic heterocycles. The number of carboxylic acids is 2. The maximum absolute atomic E-state index is 13.0. The Morgan fingerprint density at radius 3 is 2.14 bits per heavy atom. The Kier molecular flexibility index (Phi) is 9.64. The Morgan fingerprint density at radius 1 is 1.03 bits per heavy atom. The number of benzene rings is 1. The highest BCUT2D eigenvalue weighted by Gasteiger charge is 2.34. The van der Waals surface area contributed by atoms with Crippen molar-refractivity contribution in [2.24, 2.45) is 5.41 Å². The fourth-order valence-corrected chi connectivity index (χ4v) is 4.31. The lowest BCUT2D eigenvalue weighted by Gasteiger charge is -2.34. The fraction of sp³-hybridized carbons (Fsp3) is 0.600. The zero-order chi connectivity index (χ0) is 26.3. The summed E-state index contributed by atoms with van der Waals surface area (Å²) in [5.74, 6) is -3.02. The number of carbonyl (C=O) groups is 4. The third kappa shape index (κ3) is 8.24. The van der Waals surface area contributed by atoms with Gasteiger partial charge in [-0.3, -0.25) is 14.5 Å². The summed E-state index contributed by atoms with van der Waals surface area (Å²) < 4.78 is 0. The molecule has 1 aliphatic rings. The van der Waals surface area contributed by atoms with Gasteiger partial charge in [0.15, 0.2) is 0 Å². The standard InChI is InChI=1S/C25H37N3O7/c1-25(2,3)14-20(30)26-17(23(32)33)9-5-6-10-18(24(34)35)27-22(31)21-16-8-7-11-19(29)15(16)12-13-28(21)4/h7-8,11,17-18,21,29H,5-6,9-10,12-14H2,1-4H3,(H,26,30)(H,27,31)(H,32,33)(H,34,35). The summed E-state index contributed by atoms with van der Waals surface area (Å²) in [7, 11) is 1.77. The summed E-state index contributed by atoms with van der Waals surface area (Å²) >= 11 is 0. The van der Waals surface area contributed by atoms with Gasteiger partial charge in [0, 0.05) is 18.5 Å². The van der Waals surface area contributed by atoms with Gasteiger partial charge in [0.05, 0.1) is 0 Å². The molecule has 1 aromatic rings.